The van der Waals surface area contributed by atoms with Crippen molar-refractivity contribution in [3.05, 3.63) is 41.3 Å². The molecule has 3 aromatic heterocycles. The van der Waals surface area contributed by atoms with Crippen molar-refractivity contribution in [1.29, 1.82) is 0 Å². The molecule has 0 saturated heterocycles. The fraction of sp³-hybridized carbons (Fsp3) is 0.423. The van der Waals surface area contributed by atoms with E-state index in [1.54, 1.807) is 4.68 Å². The lowest BCUT2D eigenvalue weighted by Crippen LogP contribution is -2.33. The van der Waals surface area contributed by atoms with Crippen LogP contribution in [0, 0.1) is 0 Å². The fourth-order valence-corrected chi connectivity index (χ4v) is 4.67. The van der Waals surface area contributed by atoms with Gasteiger partial charge < -0.3 is 14.6 Å². The van der Waals surface area contributed by atoms with E-state index < -0.39 is 0 Å². The number of aliphatic hydroxyl groups excluding tert-OH is 1. The molecule has 0 fully saturated rings. The average molecular weight is 492 g/mol. The van der Waals surface area contributed by atoms with E-state index in [2.05, 4.69) is 51.4 Å². The van der Waals surface area contributed by atoms with E-state index in [0.717, 1.165) is 51.3 Å². The van der Waals surface area contributed by atoms with E-state index in [9.17, 15) is 5.11 Å². The quantitative estimate of drug-likeness (QED) is 0.441. The molecule has 4 heterocycles. The van der Waals surface area contributed by atoms with Crippen LogP contribution in [-0.4, -0.2) is 72.7 Å². The van der Waals surface area contributed by atoms with E-state index in [-0.39, 0.29) is 12.7 Å². The molecular weight excluding hydrogens is 458 g/mol. The van der Waals surface area contributed by atoms with Crippen LogP contribution in [0.3, 0.4) is 0 Å². The normalized spacial score (nSPS) is 17.3. The van der Waals surface area contributed by atoms with Gasteiger partial charge in [-0.15, -0.1) is 5.10 Å². The van der Waals surface area contributed by atoms with Crippen LogP contribution in [0.15, 0.2) is 24.4 Å². The molecule has 190 valence electrons. The van der Waals surface area contributed by atoms with E-state index >= 15 is 0 Å². The van der Waals surface area contributed by atoms with Crippen molar-refractivity contribution in [2.75, 3.05) is 26.8 Å². The Morgan fingerprint density at radius 2 is 2.08 bits per heavy atom. The molecule has 0 unspecified atom stereocenters. The second-order valence-electron chi connectivity index (χ2n) is 9.08. The first-order valence-electron chi connectivity index (χ1n) is 12.4. The Balaban J connectivity index is 1.69. The largest absolute Gasteiger partial charge is 0.476 e. The average Bonchev–Trinajstić information content (AvgIpc) is 3.53. The molecule has 0 radical (unpaired) electrons. The predicted molar refractivity (Wildman–Crippen MR) is 139 cm³/mol. The Morgan fingerprint density at radius 3 is 2.86 bits per heavy atom. The van der Waals surface area contributed by atoms with Gasteiger partial charge in [-0.2, -0.15) is 10.2 Å². The summed E-state index contributed by atoms with van der Waals surface area (Å²) in [4.78, 5) is 2.22. The summed E-state index contributed by atoms with van der Waals surface area (Å²) >= 11 is 0. The maximum absolute atomic E-state index is 9.69. The van der Waals surface area contributed by atoms with E-state index in [1.165, 1.54) is 0 Å². The van der Waals surface area contributed by atoms with Gasteiger partial charge in [0.05, 0.1) is 54.0 Å². The van der Waals surface area contributed by atoms with Crippen LogP contribution in [0.25, 0.3) is 34.2 Å². The van der Waals surface area contributed by atoms with Gasteiger partial charge in [0.2, 0.25) is 11.8 Å². The molecule has 0 amide bonds. The summed E-state index contributed by atoms with van der Waals surface area (Å²) in [5, 5.41) is 27.5. The molecule has 36 heavy (non-hydrogen) atoms. The zero-order valence-corrected chi connectivity index (χ0v) is 21.2. The van der Waals surface area contributed by atoms with Crippen LogP contribution in [-0.2, 0) is 20.1 Å². The first-order valence-corrected chi connectivity index (χ1v) is 12.4. The third kappa shape index (κ3) is 4.49. The van der Waals surface area contributed by atoms with Crippen molar-refractivity contribution in [2.24, 2.45) is 7.05 Å². The number of hydrogen-bond acceptors (Lipinski definition) is 7. The van der Waals surface area contributed by atoms with Gasteiger partial charge in [-0.1, -0.05) is 13.0 Å². The van der Waals surface area contributed by atoms with Gasteiger partial charge in [-0.25, -0.2) is 4.68 Å². The molecule has 1 aliphatic heterocycles. The van der Waals surface area contributed by atoms with Crippen molar-refractivity contribution in [2.45, 2.75) is 39.5 Å². The molecule has 4 aromatic rings. The Bertz CT molecular complexity index is 1380. The van der Waals surface area contributed by atoms with Gasteiger partial charge in [0.15, 0.2) is 0 Å². The van der Waals surface area contributed by atoms with Crippen LogP contribution in [0.4, 0.5) is 0 Å². The van der Waals surface area contributed by atoms with E-state index in [4.69, 9.17) is 9.47 Å². The number of rotatable bonds is 5. The fourth-order valence-electron chi connectivity index (χ4n) is 4.67. The molecule has 0 aliphatic carbocycles. The topological polar surface area (TPSA) is 106 Å². The Hall–Kier alpha value is -3.63. The highest BCUT2D eigenvalue weighted by Gasteiger charge is 2.23. The van der Waals surface area contributed by atoms with Gasteiger partial charge in [0, 0.05) is 25.5 Å². The molecule has 10 nitrogen and oxygen atoms in total. The predicted octanol–water partition coefficient (Wildman–Crippen LogP) is 3.32. The molecule has 2 bridgehead atoms. The highest BCUT2D eigenvalue weighted by molar-refractivity contribution is 5.93. The molecule has 0 spiro atoms. The smallest absolute Gasteiger partial charge is 0.240 e. The van der Waals surface area contributed by atoms with E-state index in [1.807, 2.05) is 43.1 Å². The first-order chi connectivity index (χ1) is 17.5. The third-order valence-electron chi connectivity index (χ3n) is 6.52. The minimum absolute atomic E-state index is 0.00889. The van der Waals surface area contributed by atoms with Crippen molar-refractivity contribution < 1.29 is 14.6 Å². The maximum atomic E-state index is 9.69. The molecule has 5 rings (SSSR count). The molecule has 1 aliphatic rings. The summed E-state index contributed by atoms with van der Waals surface area (Å²) in [6.45, 7) is 6.28. The van der Waals surface area contributed by atoms with Crippen molar-refractivity contribution >= 4 is 23.1 Å². The van der Waals surface area contributed by atoms with Gasteiger partial charge in [-0.05, 0) is 50.2 Å². The molecule has 1 aromatic carbocycles. The number of nitrogens with one attached hydrogen (secondary N) is 1. The lowest BCUT2D eigenvalue weighted by Gasteiger charge is -2.25. The van der Waals surface area contributed by atoms with Crippen LogP contribution in [0.2, 0.25) is 0 Å². The summed E-state index contributed by atoms with van der Waals surface area (Å²) in [7, 11) is 3.98. The summed E-state index contributed by atoms with van der Waals surface area (Å²) < 4.78 is 16.1. The number of nitrogens with zero attached hydrogens (tertiary/aromatic N) is 6. The van der Waals surface area contributed by atoms with Crippen molar-refractivity contribution in [1.82, 2.24) is 34.7 Å². The number of fused-ring (bicyclic) bond motifs is 4. The summed E-state index contributed by atoms with van der Waals surface area (Å²) in [5.74, 6) is 1.30. The number of likely N-dealkylation sites (N-methyl/N-ethyl adjacent to an activating group) is 1. The van der Waals surface area contributed by atoms with Gasteiger partial charge in [0.1, 0.15) is 6.10 Å². The third-order valence-corrected chi connectivity index (χ3v) is 6.52. The zero-order chi connectivity index (χ0) is 25.2. The molecule has 2 N–H and O–H groups in total. The Morgan fingerprint density at radius 1 is 1.22 bits per heavy atom. The second-order valence-corrected chi connectivity index (χ2v) is 9.08. The molecule has 0 saturated carbocycles. The Kier molecular flexibility index (Phi) is 6.80. The first kappa shape index (κ1) is 24.1. The summed E-state index contributed by atoms with van der Waals surface area (Å²) in [6.07, 6.45) is 6.70. The SMILES string of the molecule is CCOc1nn(CCO)c2c1/C=C/c1[nH]nc3ccc(cc13)-c1cnn(C)c1O[C@H](CC)CN(C)C2. The van der Waals surface area contributed by atoms with Gasteiger partial charge in [0.25, 0.3) is 0 Å². The van der Waals surface area contributed by atoms with Crippen LogP contribution in [0.1, 0.15) is 37.2 Å². The van der Waals surface area contributed by atoms with Crippen molar-refractivity contribution in [3.63, 3.8) is 0 Å². The lowest BCUT2D eigenvalue weighted by atomic mass is 10.1. The summed E-state index contributed by atoms with van der Waals surface area (Å²) in [5.41, 5.74) is 5.60. The number of ether oxygens (including phenoxy) is 2. The van der Waals surface area contributed by atoms with Crippen LogP contribution < -0.4 is 9.47 Å². The number of aromatic nitrogens is 6. The number of H-pyrrole nitrogens is 1. The number of aryl methyl sites for hydroxylation is 1. The van der Waals surface area contributed by atoms with Gasteiger partial charge in [-0.3, -0.25) is 14.7 Å². The minimum atomic E-state index is -0.0398. The highest BCUT2D eigenvalue weighted by Crippen LogP contribution is 2.34. The minimum Gasteiger partial charge on any atom is -0.476 e. The lowest BCUT2D eigenvalue weighted by molar-refractivity contribution is 0.129. The number of benzene rings is 1. The molecular formula is C26H33N7O3. The van der Waals surface area contributed by atoms with Crippen LogP contribution in [0.5, 0.6) is 11.8 Å². The van der Waals surface area contributed by atoms with Crippen LogP contribution >= 0.6 is 0 Å². The maximum Gasteiger partial charge on any atom is 0.240 e. The monoisotopic (exact) mass is 491 g/mol. The van der Waals surface area contributed by atoms with Gasteiger partial charge >= 0.3 is 0 Å². The second kappa shape index (κ2) is 10.2. The number of hydrogen-bond donors (Lipinski definition) is 2. The van der Waals surface area contributed by atoms with E-state index in [0.29, 0.717) is 32.1 Å². The number of aliphatic hydroxyl groups is 1. The molecule has 1 atom stereocenters. The number of aromatic amines is 1. The Labute approximate surface area is 210 Å². The standard InChI is InChI=1S/C26H33N7O3/c1-5-18-15-31(3)16-24-19(25(35-6-2)30-33(24)11-12-34)8-10-23-20-13-17(7-9-22(20)28-29-23)21-14-27-32(4)26(21)36-18/h7-10,13-14,18,34H,5-6,11-12,15-16H2,1-4H3,(H,28,29)/b10-8+/t18-/m1/s1. The van der Waals surface area contributed by atoms with Crippen molar-refractivity contribution in [3.8, 4) is 22.9 Å². The highest BCUT2D eigenvalue weighted by atomic mass is 16.5. The zero-order valence-electron chi connectivity index (χ0n) is 21.2. The summed E-state index contributed by atoms with van der Waals surface area (Å²) in [6, 6.07) is 6.18. The molecule has 10 heteroatoms.